The van der Waals surface area contributed by atoms with Crippen molar-refractivity contribution in [3.63, 3.8) is 0 Å². The number of amides is 2. The first-order valence-electron chi connectivity index (χ1n) is 15.9. The summed E-state index contributed by atoms with van der Waals surface area (Å²) in [6.45, 7) is 13.8. The summed E-state index contributed by atoms with van der Waals surface area (Å²) >= 11 is 0. The first-order valence-corrected chi connectivity index (χ1v) is 15.9. The van der Waals surface area contributed by atoms with Gasteiger partial charge in [0.25, 0.3) is 5.91 Å². The van der Waals surface area contributed by atoms with Gasteiger partial charge in [-0.15, -0.1) is 0 Å². The largest absolute Gasteiger partial charge is 0.444 e. The number of pyridine rings is 1. The molecule has 1 aromatic carbocycles. The van der Waals surface area contributed by atoms with Crippen molar-refractivity contribution in [3.8, 4) is 0 Å². The highest BCUT2D eigenvalue weighted by molar-refractivity contribution is 6.07. The number of alkyl carbamates (subject to hydrolysis) is 1. The lowest BCUT2D eigenvalue weighted by Crippen LogP contribution is -2.43. The Balaban J connectivity index is 1.13. The highest BCUT2D eigenvalue weighted by atomic mass is 16.6. The van der Waals surface area contributed by atoms with Crippen molar-refractivity contribution in [1.82, 2.24) is 20.5 Å². The molecule has 1 aliphatic carbocycles. The van der Waals surface area contributed by atoms with Crippen molar-refractivity contribution in [3.05, 3.63) is 35.9 Å². The Labute approximate surface area is 250 Å². The van der Waals surface area contributed by atoms with E-state index in [1.165, 1.54) is 0 Å². The summed E-state index contributed by atoms with van der Waals surface area (Å²) < 4.78 is 10.9. The summed E-state index contributed by atoms with van der Waals surface area (Å²) in [6, 6.07) is 9.97. The number of carbonyl (C=O) groups excluding carboxylic acids is 2. The number of anilines is 1. The molecule has 230 valence electrons. The maximum absolute atomic E-state index is 13.5. The summed E-state index contributed by atoms with van der Waals surface area (Å²) in [5, 5.41) is 7.06. The van der Waals surface area contributed by atoms with Gasteiger partial charge in [0.1, 0.15) is 11.4 Å². The Kier molecular flexibility index (Phi) is 10.2. The lowest BCUT2D eigenvalue weighted by Gasteiger charge is -2.36. The molecule has 0 bridgehead atoms. The summed E-state index contributed by atoms with van der Waals surface area (Å²) in [6.07, 6.45) is 6.11. The lowest BCUT2D eigenvalue weighted by atomic mass is 9.82. The molecule has 0 unspecified atom stereocenters. The maximum Gasteiger partial charge on any atom is 0.407 e. The number of hydrogen-bond acceptors (Lipinski definition) is 7. The molecule has 42 heavy (non-hydrogen) atoms. The molecule has 1 saturated carbocycles. The average Bonchev–Trinajstić information content (AvgIpc) is 2.99. The fraction of sp³-hybridized carbons (Fsp3) is 0.667. The molecule has 2 N–H and O–H groups in total. The monoisotopic (exact) mass is 579 g/mol. The second-order valence-electron chi connectivity index (χ2n) is 13.4. The van der Waals surface area contributed by atoms with E-state index in [1.54, 1.807) is 0 Å². The van der Waals surface area contributed by atoms with E-state index in [9.17, 15) is 9.59 Å². The summed E-state index contributed by atoms with van der Waals surface area (Å²) in [7, 11) is 0. The second-order valence-corrected chi connectivity index (χ2v) is 13.4. The number of nitrogens with one attached hydrogen (secondary N) is 2. The van der Waals surface area contributed by atoms with E-state index >= 15 is 0 Å². The van der Waals surface area contributed by atoms with E-state index in [1.807, 2.05) is 51.1 Å². The number of ether oxygens (including phenoxy) is 2. The summed E-state index contributed by atoms with van der Waals surface area (Å²) in [5.41, 5.74) is 1.09. The first kappa shape index (κ1) is 30.5. The molecule has 9 nitrogen and oxygen atoms in total. The van der Waals surface area contributed by atoms with Crippen molar-refractivity contribution in [2.45, 2.75) is 64.9 Å². The first-order chi connectivity index (χ1) is 20.2. The number of nitrogens with zero attached hydrogens (tertiary/aromatic N) is 3. The number of rotatable bonds is 8. The number of piperidine rings is 1. The highest BCUT2D eigenvalue weighted by Gasteiger charge is 2.26. The third-order valence-electron chi connectivity index (χ3n) is 8.96. The molecule has 0 atom stereocenters. The van der Waals surface area contributed by atoms with Gasteiger partial charge in [-0.25, -0.2) is 9.78 Å². The fourth-order valence-corrected chi connectivity index (χ4v) is 6.52. The molecule has 3 aliphatic rings. The molecule has 9 heteroatoms. The summed E-state index contributed by atoms with van der Waals surface area (Å²) in [5.74, 6) is 2.48. The van der Waals surface area contributed by atoms with Crippen LogP contribution in [0.25, 0.3) is 10.9 Å². The van der Waals surface area contributed by atoms with Gasteiger partial charge in [0.2, 0.25) is 0 Å². The minimum Gasteiger partial charge on any atom is -0.444 e. The Morgan fingerprint density at radius 3 is 2.21 bits per heavy atom. The van der Waals surface area contributed by atoms with Gasteiger partial charge in [0.05, 0.1) is 24.3 Å². The van der Waals surface area contributed by atoms with Crippen LogP contribution in [0.5, 0.6) is 0 Å². The standard InChI is InChI=1S/C33H49N5O4/c1-33(2,3)42-32(40)35-22-25-10-8-24(9-11-25)21-34-31(39)28-20-30(36-29-7-5-4-6-27(28)29)38-14-12-26(13-15-38)23-37-16-18-41-19-17-37/h4-7,20,24-26H,8-19,21-23H2,1-3H3,(H,34,39)(H,35,40). The Hall–Kier alpha value is -2.91. The molecule has 2 amide bonds. The molecule has 0 radical (unpaired) electrons. The van der Waals surface area contributed by atoms with Gasteiger partial charge in [-0.3, -0.25) is 9.69 Å². The van der Waals surface area contributed by atoms with Crippen molar-refractivity contribution in [1.29, 1.82) is 0 Å². The Bertz CT molecular complexity index is 1190. The lowest BCUT2D eigenvalue weighted by molar-refractivity contribution is 0.0289. The van der Waals surface area contributed by atoms with Crippen LogP contribution >= 0.6 is 0 Å². The number of para-hydroxylation sites is 1. The van der Waals surface area contributed by atoms with Crippen LogP contribution in [0.2, 0.25) is 0 Å². The molecule has 3 fully saturated rings. The molecule has 2 saturated heterocycles. The topological polar surface area (TPSA) is 96.0 Å². The number of fused-ring (bicyclic) bond motifs is 1. The number of morpholine rings is 1. The third kappa shape index (κ3) is 8.57. The molecule has 0 spiro atoms. The van der Waals surface area contributed by atoms with Crippen LogP contribution in [0.15, 0.2) is 30.3 Å². The van der Waals surface area contributed by atoms with Crippen LogP contribution < -0.4 is 15.5 Å². The van der Waals surface area contributed by atoms with Gasteiger partial charge in [-0.05, 0) is 89.2 Å². The molecule has 5 rings (SSSR count). The quantitative estimate of drug-likeness (QED) is 0.462. The van der Waals surface area contributed by atoms with Gasteiger partial charge in [-0.1, -0.05) is 18.2 Å². The molecule has 1 aromatic heterocycles. The predicted molar refractivity (Wildman–Crippen MR) is 166 cm³/mol. The van der Waals surface area contributed by atoms with E-state index in [2.05, 4.69) is 20.4 Å². The predicted octanol–water partition coefficient (Wildman–Crippen LogP) is 4.84. The molecule has 2 aliphatic heterocycles. The SMILES string of the molecule is CC(C)(C)OC(=O)NCC1CCC(CNC(=O)c2cc(N3CCC(CN4CCOCC4)CC3)nc3ccccc23)CC1. The fourth-order valence-electron chi connectivity index (χ4n) is 6.52. The Morgan fingerprint density at radius 2 is 1.55 bits per heavy atom. The smallest absolute Gasteiger partial charge is 0.407 e. The van der Waals surface area contributed by atoms with Gasteiger partial charge in [-0.2, -0.15) is 0 Å². The summed E-state index contributed by atoms with van der Waals surface area (Å²) in [4.78, 5) is 35.4. The van der Waals surface area contributed by atoms with Crippen molar-refractivity contribution >= 4 is 28.7 Å². The van der Waals surface area contributed by atoms with Crippen molar-refractivity contribution in [2.75, 3.05) is 63.9 Å². The van der Waals surface area contributed by atoms with E-state index in [4.69, 9.17) is 14.5 Å². The molecular weight excluding hydrogens is 530 g/mol. The zero-order valence-electron chi connectivity index (χ0n) is 25.7. The van der Waals surface area contributed by atoms with Crippen molar-refractivity contribution in [2.24, 2.45) is 17.8 Å². The third-order valence-corrected chi connectivity index (χ3v) is 8.96. The Morgan fingerprint density at radius 1 is 0.905 bits per heavy atom. The van der Waals surface area contributed by atoms with Crippen LogP contribution in [0.1, 0.15) is 69.7 Å². The van der Waals surface area contributed by atoms with E-state index in [0.717, 1.165) is 101 Å². The van der Waals surface area contributed by atoms with Gasteiger partial charge in [0, 0.05) is 51.2 Å². The zero-order chi connectivity index (χ0) is 29.5. The number of hydrogen-bond donors (Lipinski definition) is 2. The minimum atomic E-state index is -0.485. The van der Waals surface area contributed by atoms with E-state index in [-0.39, 0.29) is 12.0 Å². The zero-order valence-corrected chi connectivity index (χ0v) is 25.7. The van der Waals surface area contributed by atoms with Crippen LogP contribution in [0.4, 0.5) is 10.6 Å². The van der Waals surface area contributed by atoms with Crippen LogP contribution in [-0.2, 0) is 9.47 Å². The number of aromatic nitrogens is 1. The van der Waals surface area contributed by atoms with Crippen LogP contribution in [0.3, 0.4) is 0 Å². The van der Waals surface area contributed by atoms with E-state index in [0.29, 0.717) is 36.4 Å². The maximum atomic E-state index is 13.5. The number of benzene rings is 1. The normalized spacial score (nSPS) is 22.6. The second kappa shape index (κ2) is 14.0. The van der Waals surface area contributed by atoms with Gasteiger partial charge in [0.15, 0.2) is 0 Å². The highest BCUT2D eigenvalue weighted by Crippen LogP contribution is 2.30. The van der Waals surface area contributed by atoms with Gasteiger partial charge >= 0.3 is 6.09 Å². The average molecular weight is 580 g/mol. The van der Waals surface area contributed by atoms with Crippen LogP contribution in [0, 0.1) is 17.8 Å². The van der Waals surface area contributed by atoms with Crippen molar-refractivity contribution < 1.29 is 19.1 Å². The number of carbonyl (C=O) groups is 2. The minimum absolute atomic E-state index is 0.0224. The van der Waals surface area contributed by atoms with E-state index < -0.39 is 5.60 Å². The molecule has 3 heterocycles. The van der Waals surface area contributed by atoms with Crippen LogP contribution in [-0.4, -0.2) is 86.5 Å². The molecule has 2 aromatic rings. The molecular formula is C33H49N5O4. The van der Waals surface area contributed by atoms with Gasteiger partial charge < -0.3 is 25.0 Å².